The van der Waals surface area contributed by atoms with Crippen LogP contribution in [0.3, 0.4) is 0 Å². The third-order valence-electron chi connectivity index (χ3n) is 6.25. The zero-order valence-corrected chi connectivity index (χ0v) is 16.4. The normalized spacial score (nSPS) is 24.1. The van der Waals surface area contributed by atoms with E-state index in [1.165, 1.54) is 0 Å². The van der Waals surface area contributed by atoms with Gasteiger partial charge in [0.15, 0.2) is 0 Å². The van der Waals surface area contributed by atoms with Crippen LogP contribution in [0, 0.1) is 17.8 Å². The molecule has 2 N–H and O–H groups in total. The van der Waals surface area contributed by atoms with Gasteiger partial charge in [0.25, 0.3) is 0 Å². The molecule has 0 spiro atoms. The Kier molecular flexibility index (Phi) is 6.37. The summed E-state index contributed by atoms with van der Waals surface area (Å²) in [5.41, 5.74) is 6.72. The Labute approximate surface area is 161 Å². The molecule has 0 radical (unpaired) electrons. The number of piperidine rings is 1. The smallest absolute Gasteiger partial charge is 0.222 e. The average Bonchev–Trinajstić information content (AvgIpc) is 3.12. The molecular formula is C21H31N3O3. The van der Waals surface area contributed by atoms with Gasteiger partial charge in [-0.3, -0.25) is 9.59 Å². The number of hydrogen-bond acceptors (Lipinski definition) is 4. The summed E-state index contributed by atoms with van der Waals surface area (Å²) in [6.45, 7) is 3.23. The van der Waals surface area contributed by atoms with Gasteiger partial charge >= 0.3 is 0 Å². The number of carbonyl (C=O) groups excluding carboxylic acids is 2. The quantitative estimate of drug-likeness (QED) is 0.820. The molecule has 2 amide bonds. The summed E-state index contributed by atoms with van der Waals surface area (Å²) in [4.78, 5) is 29.0. The first-order valence-corrected chi connectivity index (χ1v) is 9.87. The minimum Gasteiger partial charge on any atom is -0.496 e. The number of rotatable bonds is 6. The van der Waals surface area contributed by atoms with Gasteiger partial charge in [0.05, 0.1) is 13.0 Å². The zero-order chi connectivity index (χ0) is 19.4. The van der Waals surface area contributed by atoms with E-state index >= 15 is 0 Å². The molecule has 2 aliphatic heterocycles. The van der Waals surface area contributed by atoms with Gasteiger partial charge in [-0.05, 0) is 62.9 Å². The summed E-state index contributed by atoms with van der Waals surface area (Å²) in [6.07, 6.45) is 3.22. The lowest BCUT2D eigenvalue weighted by atomic mass is 9.78. The maximum absolute atomic E-state index is 12.8. The molecular weight excluding hydrogens is 342 g/mol. The van der Waals surface area contributed by atoms with E-state index in [1.54, 1.807) is 7.11 Å². The fourth-order valence-corrected chi connectivity index (χ4v) is 4.58. The summed E-state index contributed by atoms with van der Waals surface area (Å²) in [7, 11) is 3.77. The first-order valence-electron chi connectivity index (χ1n) is 9.87. The first kappa shape index (κ1) is 19.7. The van der Waals surface area contributed by atoms with Crippen molar-refractivity contribution >= 4 is 11.8 Å². The van der Waals surface area contributed by atoms with E-state index in [4.69, 9.17) is 10.5 Å². The fraction of sp³-hybridized carbons (Fsp3) is 0.619. The van der Waals surface area contributed by atoms with Crippen molar-refractivity contribution in [3.8, 4) is 5.75 Å². The van der Waals surface area contributed by atoms with Gasteiger partial charge in [-0.15, -0.1) is 0 Å². The van der Waals surface area contributed by atoms with Crippen molar-refractivity contribution in [2.75, 3.05) is 40.3 Å². The van der Waals surface area contributed by atoms with Crippen LogP contribution in [0.25, 0.3) is 0 Å². The standard InChI is InChI=1S/C21H31N3O3/c1-23-11-9-15(10-12-23)17-13-24(14-18(17)21(22)26)20(25)8-7-16-5-3-4-6-19(16)27-2/h3-6,15,17-18H,7-14H2,1-2H3,(H2,22,26). The maximum atomic E-state index is 12.8. The second-order valence-electron chi connectivity index (χ2n) is 7.92. The Morgan fingerprint density at radius 2 is 1.89 bits per heavy atom. The monoisotopic (exact) mass is 373 g/mol. The minimum absolute atomic E-state index is 0.0996. The predicted molar refractivity (Wildman–Crippen MR) is 104 cm³/mol. The van der Waals surface area contributed by atoms with Gasteiger partial charge in [-0.1, -0.05) is 18.2 Å². The van der Waals surface area contributed by atoms with Crippen molar-refractivity contribution < 1.29 is 14.3 Å². The van der Waals surface area contributed by atoms with Crippen molar-refractivity contribution in [1.29, 1.82) is 0 Å². The van der Waals surface area contributed by atoms with Crippen molar-refractivity contribution in [3.05, 3.63) is 29.8 Å². The fourth-order valence-electron chi connectivity index (χ4n) is 4.58. The number of carbonyl (C=O) groups is 2. The number of primary amides is 1. The van der Waals surface area contributed by atoms with Crippen LogP contribution < -0.4 is 10.5 Å². The van der Waals surface area contributed by atoms with Crippen LogP contribution in [0.5, 0.6) is 5.75 Å². The van der Waals surface area contributed by atoms with E-state index in [0.717, 1.165) is 37.2 Å². The molecule has 2 aliphatic rings. The number of aryl methyl sites for hydroxylation is 1. The highest BCUT2D eigenvalue weighted by Gasteiger charge is 2.42. The molecule has 0 aromatic heterocycles. The van der Waals surface area contributed by atoms with Crippen LogP contribution in [0.4, 0.5) is 0 Å². The summed E-state index contributed by atoms with van der Waals surface area (Å²) in [5.74, 6) is 1.11. The lowest BCUT2D eigenvalue weighted by molar-refractivity contribution is -0.130. The number of nitrogens with zero attached hydrogens (tertiary/aromatic N) is 2. The largest absolute Gasteiger partial charge is 0.496 e. The van der Waals surface area contributed by atoms with Crippen LogP contribution in [0.15, 0.2) is 24.3 Å². The average molecular weight is 373 g/mol. The Morgan fingerprint density at radius 3 is 2.56 bits per heavy atom. The lowest BCUT2D eigenvalue weighted by Crippen LogP contribution is -2.38. The molecule has 1 aromatic carbocycles. The molecule has 2 heterocycles. The second kappa shape index (κ2) is 8.74. The highest BCUT2D eigenvalue weighted by atomic mass is 16.5. The van der Waals surface area contributed by atoms with Crippen molar-refractivity contribution in [2.24, 2.45) is 23.5 Å². The van der Waals surface area contributed by atoms with E-state index in [9.17, 15) is 9.59 Å². The van der Waals surface area contributed by atoms with Gasteiger partial charge in [-0.25, -0.2) is 0 Å². The number of ether oxygens (including phenoxy) is 1. The van der Waals surface area contributed by atoms with E-state index < -0.39 is 0 Å². The van der Waals surface area contributed by atoms with Crippen molar-refractivity contribution in [1.82, 2.24) is 9.80 Å². The van der Waals surface area contributed by atoms with Gasteiger partial charge in [0.1, 0.15) is 5.75 Å². The number of methoxy groups -OCH3 is 1. The lowest BCUT2D eigenvalue weighted by Gasteiger charge is -2.34. The molecule has 2 fully saturated rings. The molecule has 2 saturated heterocycles. The molecule has 27 heavy (non-hydrogen) atoms. The number of nitrogens with two attached hydrogens (primary N) is 1. The van der Waals surface area contributed by atoms with E-state index in [-0.39, 0.29) is 23.7 Å². The number of hydrogen-bond donors (Lipinski definition) is 1. The van der Waals surface area contributed by atoms with Gasteiger partial charge in [0.2, 0.25) is 11.8 Å². The third kappa shape index (κ3) is 4.61. The Hall–Kier alpha value is -2.08. The SMILES string of the molecule is COc1ccccc1CCC(=O)N1CC(C(N)=O)C(C2CCN(C)CC2)C1. The Bertz CT molecular complexity index is 670. The molecule has 2 unspecified atom stereocenters. The molecule has 0 saturated carbocycles. The predicted octanol–water partition coefficient (Wildman–Crippen LogP) is 1.53. The molecule has 6 heteroatoms. The van der Waals surface area contributed by atoms with Crippen molar-refractivity contribution in [3.63, 3.8) is 0 Å². The van der Waals surface area contributed by atoms with Gasteiger partial charge in [-0.2, -0.15) is 0 Å². The topological polar surface area (TPSA) is 75.9 Å². The third-order valence-corrected chi connectivity index (χ3v) is 6.25. The second-order valence-corrected chi connectivity index (χ2v) is 7.92. The summed E-state index contributed by atoms with van der Waals surface area (Å²) >= 11 is 0. The van der Waals surface area contributed by atoms with E-state index in [1.807, 2.05) is 29.2 Å². The minimum atomic E-state index is -0.265. The molecule has 3 rings (SSSR count). The molecule has 6 nitrogen and oxygen atoms in total. The van der Waals surface area contributed by atoms with Crippen LogP contribution in [0.1, 0.15) is 24.8 Å². The molecule has 0 bridgehead atoms. The molecule has 148 valence electrons. The van der Waals surface area contributed by atoms with Crippen LogP contribution in [0.2, 0.25) is 0 Å². The highest BCUT2D eigenvalue weighted by molar-refractivity contribution is 5.81. The summed E-state index contributed by atoms with van der Waals surface area (Å²) in [5, 5.41) is 0. The molecule has 2 atom stereocenters. The Morgan fingerprint density at radius 1 is 1.19 bits per heavy atom. The number of benzene rings is 1. The van der Waals surface area contributed by atoms with Gasteiger partial charge in [0, 0.05) is 19.5 Å². The van der Waals surface area contributed by atoms with Crippen LogP contribution in [-0.2, 0) is 16.0 Å². The van der Waals surface area contributed by atoms with E-state index in [0.29, 0.717) is 31.8 Å². The van der Waals surface area contributed by atoms with Crippen LogP contribution >= 0.6 is 0 Å². The maximum Gasteiger partial charge on any atom is 0.222 e. The highest BCUT2D eigenvalue weighted by Crippen LogP contribution is 2.36. The van der Waals surface area contributed by atoms with E-state index in [2.05, 4.69) is 11.9 Å². The number of amides is 2. The summed E-state index contributed by atoms with van der Waals surface area (Å²) in [6, 6.07) is 7.78. The zero-order valence-electron chi connectivity index (χ0n) is 16.4. The summed E-state index contributed by atoms with van der Waals surface area (Å²) < 4.78 is 5.37. The Balaban J connectivity index is 1.61. The first-order chi connectivity index (χ1) is 13.0. The van der Waals surface area contributed by atoms with Crippen LogP contribution in [-0.4, -0.2) is 62.0 Å². The molecule has 0 aliphatic carbocycles. The molecule has 1 aromatic rings. The van der Waals surface area contributed by atoms with Gasteiger partial charge < -0.3 is 20.3 Å². The van der Waals surface area contributed by atoms with Crippen molar-refractivity contribution in [2.45, 2.75) is 25.7 Å². The number of para-hydroxylation sites is 1. The number of likely N-dealkylation sites (tertiary alicyclic amines) is 2.